The fourth-order valence-corrected chi connectivity index (χ4v) is 4.50. The molecule has 0 aliphatic heterocycles. The lowest BCUT2D eigenvalue weighted by atomic mass is 9.98. The zero-order valence-electron chi connectivity index (χ0n) is 11.4. The second kappa shape index (κ2) is 4.45. The Hall–Kier alpha value is -0.690. The summed E-state index contributed by atoms with van der Waals surface area (Å²) in [4.78, 5) is 0. The van der Waals surface area contributed by atoms with Gasteiger partial charge in [0, 0.05) is 0 Å². The highest BCUT2D eigenvalue weighted by Crippen LogP contribution is 2.64. The average Bonchev–Trinajstić information content (AvgIpc) is 2.80. The van der Waals surface area contributed by atoms with Crippen molar-refractivity contribution in [2.24, 2.45) is 17.8 Å². The molecule has 1 nitrogen and oxygen atoms in total. The third-order valence-electron chi connectivity index (χ3n) is 4.82. The molecule has 2 fully saturated rings. The van der Waals surface area contributed by atoms with Gasteiger partial charge in [-0.1, -0.05) is 18.6 Å². The highest BCUT2D eigenvalue weighted by atomic mass is 35.5. The van der Waals surface area contributed by atoms with Crippen molar-refractivity contribution in [3.63, 3.8) is 0 Å². The molecule has 2 aliphatic carbocycles. The van der Waals surface area contributed by atoms with Crippen LogP contribution < -0.4 is 4.74 Å². The second-order valence-electron chi connectivity index (χ2n) is 5.93. The van der Waals surface area contributed by atoms with Crippen LogP contribution in [0.5, 0.6) is 5.75 Å². The van der Waals surface area contributed by atoms with Gasteiger partial charge in [0.25, 0.3) is 0 Å². The number of hydrogen-bond acceptors (Lipinski definition) is 1. The van der Waals surface area contributed by atoms with Crippen molar-refractivity contribution in [3.05, 3.63) is 28.8 Å². The van der Waals surface area contributed by atoms with Crippen molar-refractivity contribution in [3.8, 4) is 5.75 Å². The third-order valence-corrected chi connectivity index (χ3v) is 5.36. The first-order chi connectivity index (χ1) is 8.63. The van der Waals surface area contributed by atoms with Gasteiger partial charge < -0.3 is 4.74 Å². The summed E-state index contributed by atoms with van der Waals surface area (Å²) in [5.41, 5.74) is 3.68. The molecule has 0 aromatic heterocycles. The van der Waals surface area contributed by atoms with Gasteiger partial charge in [-0.05, 0) is 61.1 Å². The van der Waals surface area contributed by atoms with Crippen molar-refractivity contribution >= 4 is 11.6 Å². The van der Waals surface area contributed by atoms with Crippen LogP contribution in [0.2, 0.25) is 0 Å². The van der Waals surface area contributed by atoms with Gasteiger partial charge in [0.05, 0.1) is 12.5 Å². The van der Waals surface area contributed by atoms with E-state index in [0.717, 1.165) is 23.5 Å². The molecule has 2 heteroatoms. The number of halogens is 1. The largest absolute Gasteiger partial charge is 0.496 e. The summed E-state index contributed by atoms with van der Waals surface area (Å²) in [5.74, 6) is 3.55. The summed E-state index contributed by atoms with van der Waals surface area (Å²) in [7, 11) is 1.73. The first kappa shape index (κ1) is 12.3. The van der Waals surface area contributed by atoms with Crippen molar-refractivity contribution < 1.29 is 4.74 Å². The van der Waals surface area contributed by atoms with Crippen LogP contribution in [-0.2, 0) is 0 Å². The highest BCUT2D eigenvalue weighted by molar-refractivity contribution is 6.21. The van der Waals surface area contributed by atoms with E-state index in [9.17, 15) is 0 Å². The molecular weight excluding hydrogens is 244 g/mol. The number of aryl methyl sites for hydroxylation is 2. The highest BCUT2D eigenvalue weighted by Gasteiger charge is 2.55. The molecule has 0 amide bonds. The minimum atomic E-state index is 0.198. The lowest BCUT2D eigenvalue weighted by Crippen LogP contribution is -2.01. The zero-order chi connectivity index (χ0) is 12.9. The van der Waals surface area contributed by atoms with Crippen LogP contribution in [0.1, 0.15) is 41.3 Å². The van der Waals surface area contributed by atoms with Gasteiger partial charge in [-0.15, -0.1) is 11.6 Å². The molecule has 0 radical (unpaired) electrons. The minimum absolute atomic E-state index is 0.198. The van der Waals surface area contributed by atoms with E-state index in [4.69, 9.17) is 16.3 Å². The molecule has 0 N–H and O–H groups in total. The van der Waals surface area contributed by atoms with E-state index < -0.39 is 0 Å². The quantitative estimate of drug-likeness (QED) is 0.723. The van der Waals surface area contributed by atoms with E-state index in [1.54, 1.807) is 7.11 Å². The number of alkyl halides is 1. The lowest BCUT2D eigenvalue weighted by Gasteiger charge is -2.16. The Bertz CT molecular complexity index is 435. The van der Waals surface area contributed by atoms with Gasteiger partial charge in [-0.2, -0.15) is 0 Å². The number of fused-ring (bicyclic) bond motifs is 1. The smallest absolute Gasteiger partial charge is 0.124 e. The molecule has 2 saturated carbocycles. The second-order valence-corrected chi connectivity index (χ2v) is 6.40. The van der Waals surface area contributed by atoms with E-state index in [2.05, 4.69) is 26.0 Å². The predicted molar refractivity (Wildman–Crippen MR) is 75.4 cm³/mol. The molecule has 3 unspecified atom stereocenters. The molecule has 0 spiro atoms. The maximum atomic E-state index is 6.70. The Morgan fingerprint density at radius 3 is 2.22 bits per heavy atom. The Labute approximate surface area is 114 Å². The molecule has 0 saturated heterocycles. The lowest BCUT2D eigenvalue weighted by molar-refractivity contribution is 0.408. The van der Waals surface area contributed by atoms with Crippen molar-refractivity contribution in [2.75, 3.05) is 7.11 Å². The molecule has 2 aliphatic rings. The molecule has 3 rings (SSSR count). The molecular formula is C16H21ClO. The van der Waals surface area contributed by atoms with Crippen LogP contribution in [0.3, 0.4) is 0 Å². The van der Waals surface area contributed by atoms with Crippen LogP contribution in [0.15, 0.2) is 12.1 Å². The van der Waals surface area contributed by atoms with E-state index in [1.807, 2.05) is 0 Å². The fourth-order valence-electron chi connectivity index (χ4n) is 4.00. The molecule has 0 heterocycles. The van der Waals surface area contributed by atoms with E-state index >= 15 is 0 Å². The number of rotatable bonds is 3. The molecule has 1 aromatic carbocycles. The third kappa shape index (κ3) is 1.84. The summed E-state index contributed by atoms with van der Waals surface area (Å²) in [5, 5.41) is 0.198. The maximum Gasteiger partial charge on any atom is 0.124 e. The van der Waals surface area contributed by atoms with Crippen LogP contribution >= 0.6 is 11.6 Å². The number of benzene rings is 1. The molecule has 3 atom stereocenters. The van der Waals surface area contributed by atoms with Gasteiger partial charge in [-0.3, -0.25) is 0 Å². The van der Waals surface area contributed by atoms with Crippen molar-refractivity contribution in [2.45, 2.75) is 38.5 Å². The van der Waals surface area contributed by atoms with Crippen molar-refractivity contribution in [1.29, 1.82) is 0 Å². The first-order valence-corrected chi connectivity index (χ1v) is 7.36. The average molecular weight is 265 g/mol. The molecule has 18 heavy (non-hydrogen) atoms. The van der Waals surface area contributed by atoms with E-state index in [-0.39, 0.29) is 5.38 Å². The van der Waals surface area contributed by atoms with Crippen LogP contribution in [0.25, 0.3) is 0 Å². The van der Waals surface area contributed by atoms with Crippen LogP contribution in [0, 0.1) is 31.6 Å². The summed E-state index contributed by atoms with van der Waals surface area (Å²) in [6.07, 6.45) is 4.20. The van der Waals surface area contributed by atoms with Crippen molar-refractivity contribution in [1.82, 2.24) is 0 Å². The first-order valence-electron chi connectivity index (χ1n) is 6.92. The van der Waals surface area contributed by atoms with Gasteiger partial charge >= 0.3 is 0 Å². The standard InChI is InChI=1S/C16H21ClO/c1-9-7-11(8-10(2)16(9)18-3)15(17)14-12-5-4-6-13(12)14/h7-8,12-15H,4-6H2,1-3H3. The maximum absolute atomic E-state index is 6.70. The Morgan fingerprint density at radius 1 is 1.17 bits per heavy atom. The number of ether oxygens (including phenoxy) is 1. The Morgan fingerprint density at radius 2 is 1.72 bits per heavy atom. The van der Waals surface area contributed by atoms with E-state index in [0.29, 0.717) is 0 Å². The number of methoxy groups -OCH3 is 1. The summed E-state index contributed by atoms with van der Waals surface area (Å²) in [6.45, 7) is 4.21. The molecule has 98 valence electrons. The van der Waals surface area contributed by atoms with Gasteiger partial charge in [-0.25, -0.2) is 0 Å². The van der Waals surface area contributed by atoms with Gasteiger partial charge in [0.15, 0.2) is 0 Å². The Balaban J connectivity index is 1.84. The fraction of sp³-hybridized carbons (Fsp3) is 0.625. The zero-order valence-corrected chi connectivity index (χ0v) is 12.1. The summed E-state index contributed by atoms with van der Waals surface area (Å²) < 4.78 is 5.42. The van der Waals surface area contributed by atoms with E-state index in [1.165, 1.54) is 36.0 Å². The van der Waals surface area contributed by atoms with Gasteiger partial charge in [0.1, 0.15) is 5.75 Å². The number of hydrogen-bond donors (Lipinski definition) is 0. The van der Waals surface area contributed by atoms with Crippen LogP contribution in [0.4, 0.5) is 0 Å². The topological polar surface area (TPSA) is 9.23 Å². The minimum Gasteiger partial charge on any atom is -0.496 e. The Kier molecular flexibility index (Phi) is 3.05. The monoisotopic (exact) mass is 264 g/mol. The SMILES string of the molecule is COc1c(C)cc(C(Cl)C2C3CCCC32)cc1C. The molecule has 0 bridgehead atoms. The summed E-state index contributed by atoms with van der Waals surface area (Å²) >= 11 is 6.70. The summed E-state index contributed by atoms with van der Waals surface area (Å²) in [6, 6.07) is 4.41. The van der Waals surface area contributed by atoms with Gasteiger partial charge in [0.2, 0.25) is 0 Å². The predicted octanol–water partition coefficient (Wildman–Crippen LogP) is 4.64. The normalized spacial score (nSPS) is 31.0. The molecule has 1 aromatic rings. The van der Waals surface area contributed by atoms with Crippen LogP contribution in [-0.4, -0.2) is 7.11 Å².